The minimum Gasteiger partial charge on any atom is -0.423 e. The number of alkyl halides is 3. The van der Waals surface area contributed by atoms with Crippen molar-refractivity contribution >= 4 is 11.7 Å². The van der Waals surface area contributed by atoms with Crippen molar-refractivity contribution in [3.8, 4) is 5.75 Å². The number of anilines is 1. The van der Waals surface area contributed by atoms with Gasteiger partial charge in [0.15, 0.2) is 5.75 Å². The van der Waals surface area contributed by atoms with Crippen LogP contribution in [0.2, 0.25) is 0 Å². The van der Waals surface area contributed by atoms with Gasteiger partial charge in [-0.15, -0.1) is 0 Å². The molecule has 16 heavy (non-hydrogen) atoms. The fourth-order valence-corrected chi connectivity index (χ4v) is 0.973. The summed E-state index contributed by atoms with van der Waals surface area (Å²) in [6, 6.07) is 2.31. The van der Waals surface area contributed by atoms with Gasteiger partial charge in [0.2, 0.25) is 0 Å². The predicted molar refractivity (Wildman–Crippen MR) is 48.6 cm³/mol. The zero-order valence-corrected chi connectivity index (χ0v) is 7.91. The van der Waals surface area contributed by atoms with Gasteiger partial charge in [0.25, 0.3) is 0 Å². The molecule has 0 spiro atoms. The lowest BCUT2D eigenvalue weighted by molar-refractivity contribution is -0.137. The first-order chi connectivity index (χ1) is 7.34. The molecule has 88 valence electrons. The number of aliphatic hydroxyl groups is 1. The lowest BCUT2D eigenvalue weighted by Crippen LogP contribution is -2.14. The number of benzene rings is 1. The summed E-state index contributed by atoms with van der Waals surface area (Å²) >= 11 is 0. The van der Waals surface area contributed by atoms with E-state index in [1.807, 2.05) is 0 Å². The van der Waals surface area contributed by atoms with E-state index in [0.29, 0.717) is 6.07 Å². The molecule has 1 rings (SSSR count). The Morgan fingerprint density at radius 3 is 2.50 bits per heavy atom. The average Bonchev–Trinajstić information content (AvgIpc) is 2.19. The van der Waals surface area contributed by atoms with Crippen LogP contribution in [0.25, 0.3) is 0 Å². The maximum absolute atomic E-state index is 12.2. The number of rotatable bonds is 2. The Morgan fingerprint density at radius 2 is 2.06 bits per heavy atom. The standard InChI is InChI=1S/C9H8F3NO3/c10-9(11,12)5-1-2-7(6(13)3-5)16-8(15)4-14/h1-3,14H,4,13H2. The SMILES string of the molecule is Nc1cc(C(F)(F)F)ccc1OC(=O)CO. The minimum absolute atomic E-state index is 0.216. The third-order valence-corrected chi connectivity index (χ3v) is 1.69. The first-order valence-corrected chi connectivity index (χ1v) is 4.13. The Bertz CT molecular complexity index is 403. The van der Waals surface area contributed by atoms with Crippen molar-refractivity contribution in [2.45, 2.75) is 6.18 Å². The molecule has 0 heterocycles. The van der Waals surface area contributed by atoms with E-state index in [1.165, 1.54) is 0 Å². The largest absolute Gasteiger partial charge is 0.423 e. The number of hydrogen-bond donors (Lipinski definition) is 2. The highest BCUT2D eigenvalue weighted by molar-refractivity contribution is 5.75. The summed E-state index contributed by atoms with van der Waals surface area (Å²) in [5.41, 5.74) is 4.00. The number of carbonyl (C=O) groups excluding carboxylic acids is 1. The van der Waals surface area contributed by atoms with E-state index >= 15 is 0 Å². The highest BCUT2D eigenvalue weighted by Crippen LogP contribution is 2.33. The second-order valence-corrected chi connectivity index (χ2v) is 2.88. The topological polar surface area (TPSA) is 72.5 Å². The highest BCUT2D eigenvalue weighted by atomic mass is 19.4. The molecule has 0 bridgehead atoms. The van der Waals surface area contributed by atoms with Gasteiger partial charge in [-0.1, -0.05) is 0 Å². The van der Waals surface area contributed by atoms with E-state index in [-0.39, 0.29) is 11.4 Å². The normalized spacial score (nSPS) is 11.2. The second kappa shape index (κ2) is 4.40. The third kappa shape index (κ3) is 2.86. The minimum atomic E-state index is -4.51. The predicted octanol–water partition coefficient (Wildman–Crippen LogP) is 1.19. The van der Waals surface area contributed by atoms with Gasteiger partial charge in [-0.05, 0) is 18.2 Å². The molecule has 0 aliphatic rings. The van der Waals surface area contributed by atoms with Crippen molar-refractivity contribution in [1.82, 2.24) is 0 Å². The van der Waals surface area contributed by atoms with E-state index in [0.717, 1.165) is 12.1 Å². The molecule has 7 heteroatoms. The summed E-state index contributed by atoms with van der Waals surface area (Å²) in [5.74, 6) is -1.21. The van der Waals surface area contributed by atoms with Gasteiger partial charge in [-0.3, -0.25) is 0 Å². The van der Waals surface area contributed by atoms with Crippen LogP contribution in [0.4, 0.5) is 18.9 Å². The van der Waals surface area contributed by atoms with E-state index in [4.69, 9.17) is 10.8 Å². The number of hydrogen-bond acceptors (Lipinski definition) is 4. The number of ether oxygens (including phenoxy) is 1. The van der Waals surface area contributed by atoms with Crippen LogP contribution in [-0.4, -0.2) is 17.7 Å². The summed E-state index contributed by atoms with van der Waals surface area (Å²) in [5, 5.41) is 8.38. The number of nitrogens with two attached hydrogens (primary N) is 1. The molecular formula is C9H8F3NO3. The molecule has 0 fully saturated rings. The highest BCUT2D eigenvalue weighted by Gasteiger charge is 2.31. The smallest absolute Gasteiger partial charge is 0.416 e. The summed E-state index contributed by atoms with van der Waals surface area (Å²) in [6.07, 6.45) is -4.51. The van der Waals surface area contributed by atoms with Crippen molar-refractivity contribution in [2.24, 2.45) is 0 Å². The number of nitrogen functional groups attached to an aromatic ring is 1. The molecule has 3 N–H and O–H groups in total. The summed E-state index contributed by atoms with van der Waals surface area (Å²) < 4.78 is 41.2. The Kier molecular flexibility index (Phi) is 3.38. The fraction of sp³-hybridized carbons (Fsp3) is 0.222. The van der Waals surface area contributed by atoms with Crippen molar-refractivity contribution in [2.75, 3.05) is 12.3 Å². The lowest BCUT2D eigenvalue weighted by Gasteiger charge is -2.10. The summed E-state index contributed by atoms with van der Waals surface area (Å²) in [6.45, 7) is -0.875. The maximum atomic E-state index is 12.2. The summed E-state index contributed by atoms with van der Waals surface area (Å²) in [7, 11) is 0. The molecule has 1 aromatic rings. The fourth-order valence-electron chi connectivity index (χ4n) is 0.973. The number of aliphatic hydroxyl groups excluding tert-OH is 1. The van der Waals surface area contributed by atoms with Crippen LogP contribution in [-0.2, 0) is 11.0 Å². The van der Waals surface area contributed by atoms with Gasteiger partial charge in [0.05, 0.1) is 11.3 Å². The Labute approximate surface area is 88.4 Å². The van der Waals surface area contributed by atoms with Crippen LogP contribution in [0.5, 0.6) is 5.75 Å². The number of esters is 1. The van der Waals surface area contributed by atoms with Crippen LogP contribution in [0.1, 0.15) is 5.56 Å². The molecule has 0 radical (unpaired) electrons. The molecule has 0 aliphatic heterocycles. The van der Waals surface area contributed by atoms with Crippen molar-refractivity contribution in [3.05, 3.63) is 23.8 Å². The molecule has 0 amide bonds. The van der Waals surface area contributed by atoms with Crippen molar-refractivity contribution in [3.63, 3.8) is 0 Å². The van der Waals surface area contributed by atoms with E-state index < -0.39 is 24.3 Å². The molecule has 0 aliphatic carbocycles. The first kappa shape index (κ1) is 12.3. The number of carbonyl (C=O) groups is 1. The van der Waals surface area contributed by atoms with Gasteiger partial charge in [-0.25, -0.2) is 4.79 Å². The third-order valence-electron chi connectivity index (χ3n) is 1.69. The van der Waals surface area contributed by atoms with Crippen molar-refractivity contribution < 1.29 is 27.8 Å². The molecular weight excluding hydrogens is 227 g/mol. The number of halogens is 3. The lowest BCUT2D eigenvalue weighted by atomic mass is 10.2. The maximum Gasteiger partial charge on any atom is 0.416 e. The van der Waals surface area contributed by atoms with Gasteiger partial charge >= 0.3 is 12.1 Å². The molecule has 4 nitrogen and oxygen atoms in total. The van der Waals surface area contributed by atoms with E-state index in [1.54, 1.807) is 0 Å². The Balaban J connectivity index is 2.96. The first-order valence-electron chi connectivity index (χ1n) is 4.13. The molecule has 0 saturated carbocycles. The Hall–Kier alpha value is -1.76. The average molecular weight is 235 g/mol. The molecule has 0 aromatic heterocycles. The van der Waals surface area contributed by atoms with Crippen molar-refractivity contribution in [1.29, 1.82) is 0 Å². The monoisotopic (exact) mass is 235 g/mol. The molecule has 0 unspecified atom stereocenters. The van der Waals surface area contributed by atoms with E-state index in [2.05, 4.69) is 4.74 Å². The molecule has 0 atom stereocenters. The zero-order chi connectivity index (χ0) is 12.3. The molecule has 0 saturated heterocycles. The van der Waals surface area contributed by atoms with Crippen LogP contribution in [0.3, 0.4) is 0 Å². The molecule has 1 aromatic carbocycles. The second-order valence-electron chi connectivity index (χ2n) is 2.88. The Morgan fingerprint density at radius 1 is 1.44 bits per heavy atom. The quantitative estimate of drug-likeness (QED) is 0.458. The van der Waals surface area contributed by atoms with Gasteiger partial charge in [0, 0.05) is 0 Å². The van der Waals surface area contributed by atoms with E-state index in [9.17, 15) is 18.0 Å². The van der Waals surface area contributed by atoms with Crippen LogP contribution < -0.4 is 10.5 Å². The van der Waals surface area contributed by atoms with Gasteiger partial charge < -0.3 is 15.6 Å². The zero-order valence-electron chi connectivity index (χ0n) is 7.91. The summed E-state index contributed by atoms with van der Waals surface area (Å²) in [4.78, 5) is 10.7. The van der Waals surface area contributed by atoms with Gasteiger partial charge in [0.1, 0.15) is 6.61 Å². The van der Waals surface area contributed by atoms with Crippen LogP contribution in [0, 0.1) is 0 Å². The van der Waals surface area contributed by atoms with Gasteiger partial charge in [-0.2, -0.15) is 13.2 Å². The van der Waals surface area contributed by atoms with Crippen LogP contribution in [0.15, 0.2) is 18.2 Å². The van der Waals surface area contributed by atoms with Crippen LogP contribution >= 0.6 is 0 Å².